The lowest BCUT2D eigenvalue weighted by Gasteiger charge is -2.07. The molecule has 1 aliphatic rings. The van der Waals surface area contributed by atoms with Crippen LogP contribution >= 0.6 is 34.4 Å². The molecule has 1 N–H and O–H groups in total. The van der Waals surface area contributed by atoms with Crippen LogP contribution in [0.3, 0.4) is 0 Å². The maximum atomic E-state index is 12.6. The van der Waals surface area contributed by atoms with E-state index in [0.717, 1.165) is 55.2 Å². The number of thiophene rings is 2. The molecule has 4 rings (SSSR count). The molecule has 0 aromatic carbocycles. The molecule has 0 saturated heterocycles. The van der Waals surface area contributed by atoms with Crippen molar-refractivity contribution < 1.29 is 4.79 Å². The van der Waals surface area contributed by atoms with Crippen molar-refractivity contribution in [3.05, 3.63) is 44.2 Å². The number of fused-ring (bicyclic) bond motifs is 1. The van der Waals surface area contributed by atoms with Crippen molar-refractivity contribution in [2.45, 2.75) is 57.1 Å². The zero-order valence-corrected chi connectivity index (χ0v) is 19.3. The van der Waals surface area contributed by atoms with Gasteiger partial charge in [0.25, 0.3) is 0 Å². The molecule has 0 radical (unpaired) electrons. The van der Waals surface area contributed by atoms with E-state index in [1.807, 2.05) is 6.07 Å². The lowest BCUT2D eigenvalue weighted by molar-refractivity contribution is -0.113. The summed E-state index contributed by atoms with van der Waals surface area (Å²) < 4.78 is 2.06. The van der Waals surface area contributed by atoms with Gasteiger partial charge in [0.1, 0.15) is 16.9 Å². The fraction of sp³-hybridized carbons (Fsp3) is 0.429. The van der Waals surface area contributed by atoms with E-state index in [2.05, 4.69) is 44.5 Å². The second-order valence-corrected chi connectivity index (χ2v) is 10.2. The van der Waals surface area contributed by atoms with Gasteiger partial charge in [-0.15, -0.1) is 32.9 Å². The van der Waals surface area contributed by atoms with Crippen LogP contribution in [-0.4, -0.2) is 26.4 Å². The van der Waals surface area contributed by atoms with Gasteiger partial charge in [0.2, 0.25) is 5.91 Å². The predicted molar refractivity (Wildman–Crippen MR) is 122 cm³/mol. The number of nitrogens with one attached hydrogen (secondary N) is 1. The normalized spacial score (nSPS) is 13.5. The first kappa shape index (κ1) is 21.1. The van der Waals surface area contributed by atoms with E-state index in [0.29, 0.717) is 10.6 Å². The molecule has 0 aliphatic heterocycles. The SMILES string of the molecule is CCn1c(Cc2cccs2)nnc1SCC(=O)Nc1sc2c(c1C#N)CCCCC2. The summed E-state index contributed by atoms with van der Waals surface area (Å²) in [6, 6.07) is 6.44. The van der Waals surface area contributed by atoms with Crippen molar-refractivity contribution in [3.63, 3.8) is 0 Å². The van der Waals surface area contributed by atoms with E-state index in [1.165, 1.54) is 27.9 Å². The lowest BCUT2D eigenvalue weighted by Crippen LogP contribution is -2.14. The maximum absolute atomic E-state index is 12.6. The number of aromatic nitrogens is 3. The molecule has 3 aromatic heterocycles. The molecule has 156 valence electrons. The smallest absolute Gasteiger partial charge is 0.235 e. The predicted octanol–water partition coefficient (Wildman–Crippen LogP) is 4.88. The van der Waals surface area contributed by atoms with Crippen molar-refractivity contribution >= 4 is 45.3 Å². The van der Waals surface area contributed by atoms with Crippen LogP contribution in [0.15, 0.2) is 22.7 Å². The fourth-order valence-corrected chi connectivity index (χ4v) is 6.46. The molecule has 30 heavy (non-hydrogen) atoms. The summed E-state index contributed by atoms with van der Waals surface area (Å²) in [5.41, 5.74) is 1.80. The van der Waals surface area contributed by atoms with Crippen LogP contribution in [-0.2, 0) is 30.6 Å². The number of hydrogen-bond acceptors (Lipinski definition) is 7. The third-order valence-electron chi connectivity index (χ3n) is 5.14. The largest absolute Gasteiger partial charge is 0.316 e. The fourth-order valence-electron chi connectivity index (χ4n) is 3.69. The highest BCUT2D eigenvalue weighted by Crippen LogP contribution is 2.37. The summed E-state index contributed by atoms with van der Waals surface area (Å²) in [5.74, 6) is 1.04. The van der Waals surface area contributed by atoms with Crippen molar-refractivity contribution in [3.8, 4) is 6.07 Å². The minimum absolute atomic E-state index is 0.113. The third kappa shape index (κ3) is 4.61. The van der Waals surface area contributed by atoms with Crippen LogP contribution in [0.5, 0.6) is 0 Å². The molecule has 1 amide bonds. The van der Waals surface area contributed by atoms with E-state index < -0.39 is 0 Å². The van der Waals surface area contributed by atoms with Crippen LogP contribution in [0.4, 0.5) is 5.00 Å². The minimum Gasteiger partial charge on any atom is -0.316 e. The van der Waals surface area contributed by atoms with Crippen LogP contribution in [0, 0.1) is 11.3 Å². The van der Waals surface area contributed by atoms with Gasteiger partial charge in [0.05, 0.1) is 11.3 Å². The molecule has 3 heterocycles. The number of thioether (sulfide) groups is 1. The highest BCUT2D eigenvalue weighted by Gasteiger charge is 2.21. The monoisotopic (exact) mass is 457 g/mol. The number of rotatable bonds is 7. The first-order valence-corrected chi connectivity index (χ1v) is 12.8. The summed E-state index contributed by atoms with van der Waals surface area (Å²) in [4.78, 5) is 15.1. The Morgan fingerprint density at radius 2 is 2.20 bits per heavy atom. The molecule has 1 aliphatic carbocycles. The van der Waals surface area contributed by atoms with Gasteiger partial charge in [0.15, 0.2) is 5.16 Å². The Hall–Kier alpha value is -2.15. The second-order valence-electron chi connectivity index (χ2n) is 7.12. The molecule has 0 fully saturated rings. The van der Waals surface area contributed by atoms with Gasteiger partial charge in [-0.05, 0) is 49.6 Å². The molecule has 0 bridgehead atoms. The van der Waals surface area contributed by atoms with Crippen LogP contribution in [0.25, 0.3) is 0 Å². The number of carbonyl (C=O) groups excluding carboxylic acids is 1. The zero-order chi connectivity index (χ0) is 20.9. The van der Waals surface area contributed by atoms with Crippen LogP contribution < -0.4 is 5.32 Å². The molecule has 0 unspecified atom stereocenters. The first-order valence-electron chi connectivity index (χ1n) is 10.1. The Balaban J connectivity index is 1.41. The standard InChI is InChI=1S/C21H23N5OS3/c1-2-26-18(11-14-7-6-10-28-14)24-25-21(26)29-13-19(27)23-20-16(12-22)15-8-4-3-5-9-17(15)30-20/h6-7,10H,2-5,8-9,11,13H2,1H3,(H,23,27). The van der Waals surface area contributed by atoms with Crippen LogP contribution in [0.2, 0.25) is 0 Å². The van der Waals surface area contributed by atoms with Gasteiger partial charge in [0, 0.05) is 22.7 Å². The Labute approximate surface area is 188 Å². The summed E-state index contributed by atoms with van der Waals surface area (Å²) in [6.07, 6.45) is 6.16. The molecule has 6 nitrogen and oxygen atoms in total. The Morgan fingerprint density at radius 3 is 2.97 bits per heavy atom. The van der Waals surface area contributed by atoms with E-state index in [-0.39, 0.29) is 11.7 Å². The summed E-state index contributed by atoms with van der Waals surface area (Å²) in [6.45, 7) is 2.82. The minimum atomic E-state index is -0.113. The molecular formula is C21H23N5OS3. The van der Waals surface area contributed by atoms with Crippen molar-refractivity contribution in [1.82, 2.24) is 14.8 Å². The van der Waals surface area contributed by atoms with Gasteiger partial charge < -0.3 is 9.88 Å². The maximum Gasteiger partial charge on any atom is 0.235 e. The molecule has 3 aromatic rings. The Bertz CT molecular complexity index is 1060. The molecular weight excluding hydrogens is 434 g/mol. The van der Waals surface area contributed by atoms with Crippen molar-refractivity contribution in [1.29, 1.82) is 5.26 Å². The highest BCUT2D eigenvalue weighted by molar-refractivity contribution is 7.99. The Morgan fingerprint density at radius 1 is 1.33 bits per heavy atom. The number of anilines is 1. The quantitative estimate of drug-likeness (QED) is 0.404. The molecule has 0 spiro atoms. The average Bonchev–Trinajstić information content (AvgIpc) is 3.43. The van der Waals surface area contributed by atoms with Gasteiger partial charge >= 0.3 is 0 Å². The van der Waals surface area contributed by atoms with Crippen LogP contribution in [0.1, 0.15) is 52.9 Å². The molecule has 9 heteroatoms. The summed E-state index contributed by atoms with van der Waals surface area (Å²) in [5, 5.41) is 24.7. The van der Waals surface area contributed by atoms with Gasteiger partial charge in [-0.25, -0.2) is 0 Å². The first-order chi connectivity index (χ1) is 14.7. The molecule has 0 saturated carbocycles. The number of aryl methyl sites for hydroxylation is 1. The van der Waals surface area contributed by atoms with Gasteiger partial charge in [-0.1, -0.05) is 24.2 Å². The summed E-state index contributed by atoms with van der Waals surface area (Å²) >= 11 is 4.66. The lowest BCUT2D eigenvalue weighted by atomic mass is 10.1. The molecule has 0 atom stereocenters. The highest BCUT2D eigenvalue weighted by atomic mass is 32.2. The average molecular weight is 458 g/mol. The number of nitrogens with zero attached hydrogens (tertiary/aromatic N) is 4. The second kappa shape index (κ2) is 9.77. The van der Waals surface area contributed by atoms with E-state index in [1.54, 1.807) is 22.7 Å². The van der Waals surface area contributed by atoms with Gasteiger partial charge in [-0.2, -0.15) is 5.26 Å². The number of amides is 1. The third-order valence-corrected chi connectivity index (χ3v) is 8.19. The van der Waals surface area contributed by atoms with E-state index >= 15 is 0 Å². The van der Waals surface area contributed by atoms with Crippen molar-refractivity contribution in [2.24, 2.45) is 0 Å². The van der Waals surface area contributed by atoms with E-state index in [4.69, 9.17) is 0 Å². The summed E-state index contributed by atoms with van der Waals surface area (Å²) in [7, 11) is 0. The number of nitriles is 1. The topological polar surface area (TPSA) is 83.6 Å². The van der Waals surface area contributed by atoms with Gasteiger partial charge in [-0.3, -0.25) is 4.79 Å². The number of hydrogen-bond donors (Lipinski definition) is 1. The van der Waals surface area contributed by atoms with Crippen molar-refractivity contribution in [2.75, 3.05) is 11.1 Å². The number of carbonyl (C=O) groups is 1. The van der Waals surface area contributed by atoms with E-state index in [9.17, 15) is 10.1 Å². The Kier molecular flexibility index (Phi) is 6.87. The zero-order valence-electron chi connectivity index (χ0n) is 16.8.